The van der Waals surface area contributed by atoms with E-state index in [1.165, 1.54) is 0 Å². The number of nitrogens with one attached hydrogen (secondary N) is 1. The maximum Gasteiger partial charge on any atom is 0.326 e. The summed E-state index contributed by atoms with van der Waals surface area (Å²) < 4.78 is 0. The number of hydrogen-bond donors (Lipinski definition) is 2. The van der Waals surface area contributed by atoms with Crippen LogP contribution in [0, 0.1) is 5.92 Å². The fraction of sp³-hybridized carbons (Fsp3) is 0.667. The molecule has 0 aliphatic heterocycles. The Morgan fingerprint density at radius 2 is 2.06 bits per heavy atom. The zero-order valence-corrected chi connectivity index (χ0v) is 10.8. The van der Waals surface area contributed by atoms with Crippen molar-refractivity contribution in [3.63, 3.8) is 0 Å². The third-order valence-electron chi connectivity index (χ3n) is 2.34. The molecule has 98 valence electrons. The van der Waals surface area contributed by atoms with Gasteiger partial charge in [-0.3, -0.25) is 0 Å². The molecule has 2 N–H and O–H groups in total. The SMILES string of the molecule is C=CCN(CCC)C(=O)NC(C(=O)O)C(C)C. The first kappa shape index (κ1) is 15.5. The molecule has 0 aromatic heterocycles. The van der Waals surface area contributed by atoms with E-state index in [0.29, 0.717) is 13.1 Å². The molecule has 5 heteroatoms. The van der Waals surface area contributed by atoms with Gasteiger partial charge in [0.25, 0.3) is 0 Å². The van der Waals surface area contributed by atoms with E-state index in [-0.39, 0.29) is 11.9 Å². The number of rotatable bonds is 7. The Balaban J connectivity index is 4.55. The summed E-state index contributed by atoms with van der Waals surface area (Å²) in [4.78, 5) is 24.4. The molecule has 0 fully saturated rings. The van der Waals surface area contributed by atoms with E-state index >= 15 is 0 Å². The van der Waals surface area contributed by atoms with Crippen LogP contribution in [0.3, 0.4) is 0 Å². The third-order valence-corrected chi connectivity index (χ3v) is 2.34. The van der Waals surface area contributed by atoms with Gasteiger partial charge in [-0.15, -0.1) is 6.58 Å². The number of urea groups is 1. The fourth-order valence-corrected chi connectivity index (χ4v) is 1.44. The molecule has 0 saturated heterocycles. The van der Waals surface area contributed by atoms with Crippen LogP contribution < -0.4 is 5.32 Å². The zero-order chi connectivity index (χ0) is 13.4. The van der Waals surface area contributed by atoms with Crippen LogP contribution in [0.1, 0.15) is 27.2 Å². The maximum atomic E-state index is 11.8. The Labute approximate surface area is 102 Å². The second kappa shape index (κ2) is 7.70. The third kappa shape index (κ3) is 5.38. The quantitative estimate of drug-likeness (QED) is 0.668. The molecule has 5 nitrogen and oxygen atoms in total. The smallest absolute Gasteiger partial charge is 0.326 e. The predicted molar refractivity (Wildman–Crippen MR) is 66.9 cm³/mol. The van der Waals surface area contributed by atoms with Crippen molar-refractivity contribution in [3.05, 3.63) is 12.7 Å². The van der Waals surface area contributed by atoms with Crippen LogP contribution >= 0.6 is 0 Å². The minimum Gasteiger partial charge on any atom is -0.480 e. The number of carboxylic acids is 1. The van der Waals surface area contributed by atoms with Gasteiger partial charge < -0.3 is 15.3 Å². The standard InChI is InChI=1S/C12H22N2O3/c1-5-7-14(8-6-2)12(17)13-10(9(3)4)11(15)16/h5,9-10H,1,6-8H2,2-4H3,(H,13,17)(H,15,16). The lowest BCUT2D eigenvalue weighted by atomic mass is 10.1. The largest absolute Gasteiger partial charge is 0.480 e. The molecule has 17 heavy (non-hydrogen) atoms. The van der Waals surface area contributed by atoms with Crippen LogP contribution in [0.5, 0.6) is 0 Å². The van der Waals surface area contributed by atoms with Gasteiger partial charge in [0.1, 0.15) is 6.04 Å². The average molecular weight is 242 g/mol. The molecule has 1 unspecified atom stereocenters. The molecule has 0 spiro atoms. The molecular formula is C12H22N2O3. The number of nitrogens with zero attached hydrogens (tertiary/aromatic N) is 1. The Morgan fingerprint density at radius 1 is 1.47 bits per heavy atom. The molecular weight excluding hydrogens is 220 g/mol. The minimum atomic E-state index is -1.01. The van der Waals surface area contributed by atoms with Gasteiger partial charge >= 0.3 is 12.0 Å². The molecule has 0 heterocycles. The van der Waals surface area contributed by atoms with Crippen molar-refractivity contribution < 1.29 is 14.7 Å². The van der Waals surface area contributed by atoms with Gasteiger partial charge in [0.2, 0.25) is 0 Å². The van der Waals surface area contributed by atoms with Crippen molar-refractivity contribution >= 4 is 12.0 Å². The number of carbonyl (C=O) groups is 2. The van der Waals surface area contributed by atoms with Gasteiger partial charge in [0, 0.05) is 13.1 Å². The summed E-state index contributed by atoms with van der Waals surface area (Å²) in [6.07, 6.45) is 2.45. The second-order valence-corrected chi connectivity index (χ2v) is 4.24. The molecule has 0 bridgehead atoms. The average Bonchev–Trinajstić information content (AvgIpc) is 2.24. The molecule has 0 aromatic rings. The van der Waals surface area contributed by atoms with Gasteiger partial charge in [0.05, 0.1) is 0 Å². The Morgan fingerprint density at radius 3 is 2.41 bits per heavy atom. The maximum absolute atomic E-state index is 11.8. The topological polar surface area (TPSA) is 69.6 Å². The summed E-state index contributed by atoms with van der Waals surface area (Å²) in [5.74, 6) is -1.16. The van der Waals surface area contributed by atoms with Gasteiger partial charge in [0.15, 0.2) is 0 Å². The highest BCUT2D eigenvalue weighted by molar-refractivity contribution is 5.82. The lowest BCUT2D eigenvalue weighted by molar-refractivity contribution is -0.140. The number of hydrogen-bond acceptors (Lipinski definition) is 2. The van der Waals surface area contributed by atoms with E-state index in [1.807, 2.05) is 6.92 Å². The van der Waals surface area contributed by atoms with Crippen molar-refractivity contribution in [2.45, 2.75) is 33.2 Å². The number of amides is 2. The first-order valence-corrected chi connectivity index (χ1v) is 5.83. The zero-order valence-electron chi connectivity index (χ0n) is 10.8. The molecule has 0 aliphatic carbocycles. The molecule has 0 saturated carbocycles. The highest BCUT2D eigenvalue weighted by atomic mass is 16.4. The van der Waals surface area contributed by atoms with Crippen molar-refractivity contribution in [3.8, 4) is 0 Å². The fourth-order valence-electron chi connectivity index (χ4n) is 1.44. The van der Waals surface area contributed by atoms with E-state index in [4.69, 9.17) is 5.11 Å². The van der Waals surface area contributed by atoms with E-state index < -0.39 is 12.0 Å². The van der Waals surface area contributed by atoms with Crippen LogP contribution in [0.2, 0.25) is 0 Å². The predicted octanol–water partition coefficient (Wildman–Crippen LogP) is 1.70. The van der Waals surface area contributed by atoms with Crippen molar-refractivity contribution in [1.29, 1.82) is 0 Å². The Hall–Kier alpha value is -1.52. The van der Waals surface area contributed by atoms with Crippen molar-refractivity contribution in [2.24, 2.45) is 5.92 Å². The van der Waals surface area contributed by atoms with Crippen LogP contribution in [0.25, 0.3) is 0 Å². The lowest BCUT2D eigenvalue weighted by Crippen LogP contribution is -2.50. The second-order valence-electron chi connectivity index (χ2n) is 4.24. The summed E-state index contributed by atoms with van der Waals surface area (Å²) in [6, 6.07) is -1.21. The minimum absolute atomic E-state index is 0.149. The van der Waals surface area contributed by atoms with E-state index in [9.17, 15) is 9.59 Å². The summed E-state index contributed by atoms with van der Waals surface area (Å²) in [5.41, 5.74) is 0. The lowest BCUT2D eigenvalue weighted by Gasteiger charge is -2.25. The van der Waals surface area contributed by atoms with Crippen molar-refractivity contribution in [2.75, 3.05) is 13.1 Å². The first-order chi connectivity index (χ1) is 7.93. The first-order valence-electron chi connectivity index (χ1n) is 5.83. The molecule has 0 radical (unpaired) electrons. The summed E-state index contributed by atoms with van der Waals surface area (Å²) in [7, 11) is 0. The van der Waals surface area contributed by atoms with E-state index in [1.54, 1.807) is 24.8 Å². The number of aliphatic carboxylic acids is 1. The highest BCUT2D eigenvalue weighted by Gasteiger charge is 2.25. The Bertz CT molecular complexity index is 277. The molecule has 0 aromatic carbocycles. The molecule has 1 atom stereocenters. The van der Waals surface area contributed by atoms with Crippen LogP contribution in [-0.2, 0) is 4.79 Å². The Kier molecular flexibility index (Phi) is 7.02. The molecule has 0 aliphatic rings. The van der Waals surface area contributed by atoms with Crippen LogP contribution in [-0.4, -0.2) is 41.1 Å². The van der Waals surface area contributed by atoms with E-state index in [2.05, 4.69) is 11.9 Å². The monoisotopic (exact) mass is 242 g/mol. The molecule has 2 amide bonds. The summed E-state index contributed by atoms with van der Waals surface area (Å²) >= 11 is 0. The van der Waals surface area contributed by atoms with Crippen LogP contribution in [0.4, 0.5) is 4.79 Å². The molecule has 0 rings (SSSR count). The summed E-state index contributed by atoms with van der Waals surface area (Å²) in [6.45, 7) is 10.1. The van der Waals surface area contributed by atoms with Gasteiger partial charge in [-0.1, -0.05) is 26.8 Å². The summed E-state index contributed by atoms with van der Waals surface area (Å²) in [5, 5.41) is 11.5. The van der Waals surface area contributed by atoms with Gasteiger partial charge in [-0.2, -0.15) is 0 Å². The van der Waals surface area contributed by atoms with Gasteiger partial charge in [-0.05, 0) is 12.3 Å². The number of carboxylic acid groups (broad SMARTS) is 1. The van der Waals surface area contributed by atoms with Gasteiger partial charge in [-0.25, -0.2) is 9.59 Å². The highest BCUT2D eigenvalue weighted by Crippen LogP contribution is 2.03. The van der Waals surface area contributed by atoms with Crippen LogP contribution in [0.15, 0.2) is 12.7 Å². The van der Waals surface area contributed by atoms with E-state index in [0.717, 1.165) is 6.42 Å². The van der Waals surface area contributed by atoms with Crippen molar-refractivity contribution in [1.82, 2.24) is 10.2 Å². The normalized spacial score (nSPS) is 12.0. The number of carbonyl (C=O) groups excluding carboxylic acids is 1.